The molecule has 124 valence electrons. The van der Waals surface area contributed by atoms with Crippen LogP contribution in [-0.4, -0.2) is 24.4 Å². The van der Waals surface area contributed by atoms with Crippen molar-refractivity contribution in [2.24, 2.45) is 0 Å². The summed E-state index contributed by atoms with van der Waals surface area (Å²) < 4.78 is 43.2. The topological polar surface area (TPSA) is 41.5 Å². The summed E-state index contributed by atoms with van der Waals surface area (Å²) in [6.45, 7) is 0.582. The normalized spacial score (nSPS) is 12.9. The first kappa shape index (κ1) is 17.3. The Kier molecular flexibility index (Phi) is 6.01. The van der Waals surface area contributed by atoms with E-state index in [-0.39, 0.29) is 13.2 Å². The lowest BCUT2D eigenvalue weighted by atomic mass is 10.2. The van der Waals surface area contributed by atoms with Gasteiger partial charge in [0.25, 0.3) is 0 Å². The number of rotatable bonds is 7. The van der Waals surface area contributed by atoms with Crippen molar-refractivity contribution in [3.63, 3.8) is 0 Å². The number of hydrogen-bond donors (Lipinski definition) is 2. The summed E-state index contributed by atoms with van der Waals surface area (Å²) in [5, 5.41) is 12.6. The van der Waals surface area contributed by atoms with E-state index in [4.69, 9.17) is 4.74 Å². The van der Waals surface area contributed by atoms with E-state index in [2.05, 4.69) is 5.32 Å². The van der Waals surface area contributed by atoms with Gasteiger partial charge < -0.3 is 15.2 Å². The zero-order chi connectivity index (χ0) is 16.7. The van der Waals surface area contributed by atoms with Gasteiger partial charge in [0.2, 0.25) is 0 Å². The van der Waals surface area contributed by atoms with E-state index in [1.165, 1.54) is 12.1 Å². The highest BCUT2D eigenvalue weighted by atomic mass is 19.4. The Morgan fingerprint density at radius 3 is 2.48 bits per heavy atom. The number of nitrogens with one attached hydrogen (secondary N) is 1. The van der Waals surface area contributed by atoms with Crippen LogP contribution in [0.5, 0.6) is 0 Å². The number of aliphatic hydroxyl groups is 1. The number of ether oxygens (including phenoxy) is 1. The van der Waals surface area contributed by atoms with E-state index in [0.29, 0.717) is 12.3 Å². The summed E-state index contributed by atoms with van der Waals surface area (Å²) in [6, 6.07) is 14.4. The fourth-order valence-electron chi connectivity index (χ4n) is 1.99. The van der Waals surface area contributed by atoms with Crippen LogP contribution >= 0.6 is 0 Å². The molecule has 0 bridgehead atoms. The summed E-state index contributed by atoms with van der Waals surface area (Å²) in [5.41, 5.74) is 0.574. The third-order valence-corrected chi connectivity index (χ3v) is 3.15. The van der Waals surface area contributed by atoms with Crippen LogP contribution in [0.15, 0.2) is 54.6 Å². The Hall–Kier alpha value is -2.05. The molecule has 0 aliphatic carbocycles. The first-order chi connectivity index (χ1) is 10.9. The van der Waals surface area contributed by atoms with Gasteiger partial charge in [-0.2, -0.15) is 13.2 Å². The van der Waals surface area contributed by atoms with Crippen LogP contribution in [0.25, 0.3) is 0 Å². The molecule has 0 heterocycles. The van der Waals surface area contributed by atoms with Gasteiger partial charge in [-0.3, -0.25) is 0 Å². The summed E-state index contributed by atoms with van der Waals surface area (Å²) >= 11 is 0. The molecule has 0 aromatic heterocycles. The van der Waals surface area contributed by atoms with Gasteiger partial charge in [-0.1, -0.05) is 36.4 Å². The number of benzene rings is 2. The maximum atomic E-state index is 12.6. The fourth-order valence-corrected chi connectivity index (χ4v) is 1.99. The molecule has 2 aromatic carbocycles. The van der Waals surface area contributed by atoms with Crippen LogP contribution in [0, 0.1) is 0 Å². The first-order valence-corrected chi connectivity index (χ1v) is 7.16. The molecule has 0 aliphatic rings. The van der Waals surface area contributed by atoms with E-state index in [1.54, 1.807) is 0 Å². The molecule has 3 nitrogen and oxygen atoms in total. The lowest BCUT2D eigenvalue weighted by Crippen LogP contribution is -2.24. The van der Waals surface area contributed by atoms with E-state index in [0.717, 1.165) is 17.7 Å². The smallest absolute Gasteiger partial charge is 0.389 e. The second-order valence-electron chi connectivity index (χ2n) is 5.11. The van der Waals surface area contributed by atoms with Crippen molar-refractivity contribution in [3.8, 4) is 0 Å². The van der Waals surface area contributed by atoms with E-state index < -0.39 is 17.8 Å². The van der Waals surface area contributed by atoms with Crippen LogP contribution in [0.1, 0.15) is 11.1 Å². The molecular formula is C17H18F3NO2. The SMILES string of the molecule is O[C@H](CNc1cccc(C(F)(F)F)c1)COCc1ccccc1. The van der Waals surface area contributed by atoms with Crippen LogP contribution in [0.2, 0.25) is 0 Å². The quantitative estimate of drug-likeness (QED) is 0.816. The van der Waals surface area contributed by atoms with E-state index in [9.17, 15) is 18.3 Å². The van der Waals surface area contributed by atoms with Crippen molar-refractivity contribution in [2.45, 2.75) is 18.9 Å². The predicted octanol–water partition coefficient (Wildman–Crippen LogP) is 3.70. The first-order valence-electron chi connectivity index (χ1n) is 7.16. The number of hydrogen-bond acceptors (Lipinski definition) is 3. The van der Waals surface area contributed by atoms with Crippen LogP contribution in [-0.2, 0) is 17.5 Å². The zero-order valence-corrected chi connectivity index (χ0v) is 12.4. The number of alkyl halides is 3. The van der Waals surface area contributed by atoms with Crippen molar-refractivity contribution < 1.29 is 23.0 Å². The van der Waals surface area contributed by atoms with E-state index in [1.807, 2.05) is 30.3 Å². The Morgan fingerprint density at radius 2 is 1.78 bits per heavy atom. The summed E-state index contributed by atoms with van der Waals surface area (Å²) in [7, 11) is 0. The van der Waals surface area contributed by atoms with Gasteiger partial charge in [-0.25, -0.2) is 0 Å². The largest absolute Gasteiger partial charge is 0.416 e. The Labute approximate surface area is 132 Å². The zero-order valence-electron chi connectivity index (χ0n) is 12.4. The molecule has 2 N–H and O–H groups in total. The molecule has 0 saturated heterocycles. The molecule has 0 fully saturated rings. The van der Waals surface area contributed by atoms with Crippen LogP contribution < -0.4 is 5.32 Å². The predicted molar refractivity (Wildman–Crippen MR) is 82.0 cm³/mol. The van der Waals surface area contributed by atoms with Crippen molar-refractivity contribution >= 4 is 5.69 Å². The molecule has 0 unspecified atom stereocenters. The Morgan fingerprint density at radius 1 is 1.04 bits per heavy atom. The molecule has 23 heavy (non-hydrogen) atoms. The molecule has 0 aliphatic heterocycles. The maximum Gasteiger partial charge on any atom is 0.416 e. The minimum Gasteiger partial charge on any atom is -0.389 e. The lowest BCUT2D eigenvalue weighted by molar-refractivity contribution is -0.137. The average Bonchev–Trinajstić information content (AvgIpc) is 2.53. The minimum absolute atomic E-state index is 0.0981. The fraction of sp³-hybridized carbons (Fsp3) is 0.294. The summed E-state index contributed by atoms with van der Waals surface area (Å²) in [6.07, 6.45) is -5.19. The number of anilines is 1. The molecular weight excluding hydrogens is 307 g/mol. The summed E-state index contributed by atoms with van der Waals surface area (Å²) in [5.74, 6) is 0. The third kappa shape index (κ3) is 5.92. The Bertz CT molecular complexity index is 602. The van der Waals surface area contributed by atoms with Gasteiger partial charge in [0.1, 0.15) is 0 Å². The van der Waals surface area contributed by atoms with Crippen LogP contribution in [0.4, 0.5) is 18.9 Å². The van der Waals surface area contributed by atoms with Gasteiger partial charge in [-0.15, -0.1) is 0 Å². The highest BCUT2D eigenvalue weighted by molar-refractivity contribution is 5.46. The van der Waals surface area contributed by atoms with Gasteiger partial charge >= 0.3 is 6.18 Å². The molecule has 0 spiro atoms. The highest BCUT2D eigenvalue weighted by Gasteiger charge is 2.30. The monoisotopic (exact) mass is 325 g/mol. The summed E-state index contributed by atoms with van der Waals surface area (Å²) in [4.78, 5) is 0. The van der Waals surface area contributed by atoms with Crippen molar-refractivity contribution in [2.75, 3.05) is 18.5 Å². The maximum absolute atomic E-state index is 12.6. The molecule has 0 amide bonds. The number of halogens is 3. The molecule has 0 radical (unpaired) electrons. The van der Waals surface area contributed by atoms with Gasteiger partial charge in [-0.05, 0) is 23.8 Å². The molecule has 6 heteroatoms. The third-order valence-electron chi connectivity index (χ3n) is 3.15. The van der Waals surface area contributed by atoms with Crippen LogP contribution in [0.3, 0.4) is 0 Å². The van der Waals surface area contributed by atoms with Gasteiger partial charge in [0.15, 0.2) is 0 Å². The Balaban J connectivity index is 1.75. The second kappa shape index (κ2) is 7.99. The highest BCUT2D eigenvalue weighted by Crippen LogP contribution is 2.30. The van der Waals surface area contributed by atoms with Crippen molar-refractivity contribution in [1.82, 2.24) is 0 Å². The van der Waals surface area contributed by atoms with Crippen molar-refractivity contribution in [3.05, 3.63) is 65.7 Å². The van der Waals surface area contributed by atoms with Crippen molar-refractivity contribution in [1.29, 1.82) is 0 Å². The standard InChI is InChI=1S/C17H18F3NO2/c18-17(19,20)14-7-4-8-15(9-14)21-10-16(22)12-23-11-13-5-2-1-3-6-13/h1-9,16,21-22H,10-12H2/t16-/m1/s1. The second-order valence-corrected chi connectivity index (χ2v) is 5.11. The molecule has 2 aromatic rings. The lowest BCUT2D eigenvalue weighted by Gasteiger charge is -2.14. The molecule has 2 rings (SSSR count). The average molecular weight is 325 g/mol. The van der Waals surface area contributed by atoms with E-state index >= 15 is 0 Å². The molecule has 0 saturated carbocycles. The van der Waals surface area contributed by atoms with Gasteiger partial charge in [0, 0.05) is 12.2 Å². The number of aliphatic hydroxyl groups excluding tert-OH is 1. The molecule has 1 atom stereocenters. The van der Waals surface area contributed by atoms with Gasteiger partial charge in [0.05, 0.1) is 24.9 Å². The minimum atomic E-state index is -4.38.